The third kappa shape index (κ3) is 4.09. The van der Waals surface area contributed by atoms with Crippen molar-refractivity contribution >= 4 is 27.9 Å². The standard InChI is InChI=1S/C17H21N5O3S/c1-25-16-8-15-14(11-20-16)17(13(9-18)10-19-15)22-6-3-12(4-7-22)2-5-21-26(23)24/h8,10-12,21H,2-7H2,1H3,(H,23,24)/p-1. The van der Waals surface area contributed by atoms with Gasteiger partial charge in [0.05, 0.1) is 23.9 Å². The average molecular weight is 374 g/mol. The number of piperidine rings is 1. The smallest absolute Gasteiger partial charge is 0.215 e. The number of aromatic nitrogens is 2. The monoisotopic (exact) mass is 374 g/mol. The molecule has 8 nitrogen and oxygen atoms in total. The van der Waals surface area contributed by atoms with Gasteiger partial charge < -0.3 is 14.2 Å². The van der Waals surface area contributed by atoms with Crippen molar-refractivity contribution in [2.24, 2.45) is 5.92 Å². The van der Waals surface area contributed by atoms with Gasteiger partial charge in [-0.05, 0) is 25.2 Å². The minimum Gasteiger partial charge on any atom is -0.760 e. The van der Waals surface area contributed by atoms with Crippen LogP contribution in [0.3, 0.4) is 0 Å². The van der Waals surface area contributed by atoms with E-state index in [0.29, 0.717) is 23.9 Å². The van der Waals surface area contributed by atoms with Crippen molar-refractivity contribution in [2.75, 3.05) is 31.6 Å². The van der Waals surface area contributed by atoms with Gasteiger partial charge >= 0.3 is 0 Å². The second-order valence-electron chi connectivity index (χ2n) is 6.22. The van der Waals surface area contributed by atoms with Gasteiger partial charge in [0.25, 0.3) is 0 Å². The van der Waals surface area contributed by atoms with Crippen LogP contribution in [-0.4, -0.2) is 45.5 Å². The Morgan fingerprint density at radius 2 is 2.19 bits per heavy atom. The normalized spacial score (nSPS) is 16.4. The number of rotatable bonds is 6. The van der Waals surface area contributed by atoms with Crippen LogP contribution in [0.5, 0.6) is 5.88 Å². The van der Waals surface area contributed by atoms with E-state index in [0.717, 1.165) is 48.9 Å². The molecule has 1 fully saturated rings. The quantitative estimate of drug-likeness (QED) is 0.762. The van der Waals surface area contributed by atoms with E-state index in [2.05, 4.69) is 25.7 Å². The van der Waals surface area contributed by atoms with E-state index in [-0.39, 0.29) is 0 Å². The van der Waals surface area contributed by atoms with E-state index in [1.165, 1.54) is 0 Å². The Morgan fingerprint density at radius 1 is 1.42 bits per heavy atom. The molecule has 1 unspecified atom stereocenters. The number of pyridine rings is 2. The second kappa shape index (κ2) is 8.40. The maximum atomic E-state index is 10.5. The molecule has 0 aromatic carbocycles. The molecule has 0 aliphatic carbocycles. The van der Waals surface area contributed by atoms with E-state index in [1.54, 1.807) is 25.6 Å². The lowest BCUT2D eigenvalue weighted by molar-refractivity contribution is 0.381. The van der Waals surface area contributed by atoms with Crippen molar-refractivity contribution in [2.45, 2.75) is 19.3 Å². The molecule has 1 saturated heterocycles. The van der Waals surface area contributed by atoms with Gasteiger partial charge in [-0.15, -0.1) is 0 Å². The van der Waals surface area contributed by atoms with Crippen LogP contribution in [0.15, 0.2) is 18.5 Å². The molecule has 9 heteroatoms. The van der Waals surface area contributed by atoms with E-state index in [4.69, 9.17) is 4.74 Å². The summed E-state index contributed by atoms with van der Waals surface area (Å²) in [6.07, 6.45) is 6.02. The van der Waals surface area contributed by atoms with E-state index in [1.807, 2.05) is 0 Å². The van der Waals surface area contributed by atoms with Gasteiger partial charge in [0.1, 0.15) is 6.07 Å². The van der Waals surface area contributed by atoms with Crippen LogP contribution in [0, 0.1) is 17.2 Å². The second-order valence-corrected chi connectivity index (χ2v) is 6.98. The van der Waals surface area contributed by atoms with Gasteiger partial charge in [0.15, 0.2) is 0 Å². The predicted octanol–water partition coefficient (Wildman–Crippen LogP) is 1.50. The summed E-state index contributed by atoms with van der Waals surface area (Å²) in [5.41, 5.74) is 2.14. The first-order chi connectivity index (χ1) is 12.6. The highest BCUT2D eigenvalue weighted by Crippen LogP contribution is 2.33. The Hall–Kier alpha value is -2.28. The number of fused-ring (bicyclic) bond motifs is 1. The molecular formula is C17H20N5O3S-. The van der Waals surface area contributed by atoms with Crippen LogP contribution >= 0.6 is 0 Å². The molecule has 2 aromatic rings. The van der Waals surface area contributed by atoms with E-state index in [9.17, 15) is 14.0 Å². The molecule has 1 aliphatic rings. The maximum absolute atomic E-state index is 10.5. The van der Waals surface area contributed by atoms with E-state index >= 15 is 0 Å². The SMILES string of the molecule is COc1cc2ncc(C#N)c(N3CCC(CCNS(=O)[O-])CC3)c2cn1. The molecule has 26 heavy (non-hydrogen) atoms. The zero-order valence-corrected chi connectivity index (χ0v) is 15.3. The van der Waals surface area contributed by atoms with Gasteiger partial charge in [-0.1, -0.05) is 0 Å². The Balaban J connectivity index is 1.78. The molecule has 0 saturated carbocycles. The lowest BCUT2D eigenvalue weighted by Crippen LogP contribution is -2.35. The molecule has 0 radical (unpaired) electrons. The summed E-state index contributed by atoms with van der Waals surface area (Å²) in [7, 11) is 1.56. The van der Waals surface area contributed by atoms with E-state index < -0.39 is 11.3 Å². The van der Waals surface area contributed by atoms with Gasteiger partial charge in [-0.3, -0.25) is 9.19 Å². The van der Waals surface area contributed by atoms with Crippen LogP contribution in [-0.2, 0) is 11.3 Å². The largest absolute Gasteiger partial charge is 0.760 e. The molecule has 1 N–H and O–H groups in total. The van der Waals surface area contributed by atoms with Gasteiger partial charge in [-0.25, -0.2) is 9.71 Å². The van der Waals surface area contributed by atoms with Crippen molar-refractivity contribution < 1.29 is 13.5 Å². The Bertz CT molecular complexity index is 846. The third-order valence-corrected chi connectivity index (χ3v) is 5.17. The first-order valence-corrected chi connectivity index (χ1v) is 9.50. The highest BCUT2D eigenvalue weighted by Gasteiger charge is 2.23. The molecular weight excluding hydrogens is 354 g/mol. The van der Waals surface area contributed by atoms with Crippen LogP contribution in [0.4, 0.5) is 5.69 Å². The van der Waals surface area contributed by atoms with Crippen LogP contribution in [0.25, 0.3) is 10.9 Å². The number of hydrogen-bond donors (Lipinski definition) is 1. The zero-order chi connectivity index (χ0) is 18.5. The number of ether oxygens (including phenoxy) is 1. The fraction of sp³-hybridized carbons (Fsp3) is 0.471. The highest BCUT2D eigenvalue weighted by molar-refractivity contribution is 7.77. The summed E-state index contributed by atoms with van der Waals surface area (Å²) < 4.78 is 28.7. The number of nitrogens with one attached hydrogen (secondary N) is 1. The molecule has 1 atom stereocenters. The van der Waals surface area contributed by atoms with Gasteiger partial charge in [0, 0.05) is 54.7 Å². The lowest BCUT2D eigenvalue weighted by Gasteiger charge is -2.34. The van der Waals surface area contributed by atoms with Crippen molar-refractivity contribution in [1.29, 1.82) is 5.26 Å². The number of hydrogen-bond acceptors (Lipinski definition) is 7. The van der Waals surface area contributed by atoms with Crippen LogP contribution in [0.2, 0.25) is 0 Å². The summed E-state index contributed by atoms with van der Waals surface area (Å²) in [4.78, 5) is 10.8. The predicted molar refractivity (Wildman–Crippen MR) is 97.3 cm³/mol. The van der Waals surface area contributed by atoms with Gasteiger partial charge in [-0.2, -0.15) is 5.26 Å². The number of nitrogens with zero attached hydrogens (tertiary/aromatic N) is 4. The minimum atomic E-state index is -2.20. The van der Waals surface area contributed by atoms with Gasteiger partial charge in [0.2, 0.25) is 5.88 Å². The first kappa shape index (κ1) is 18.5. The minimum absolute atomic E-state index is 0.464. The van der Waals surface area contributed by atoms with Crippen LogP contribution in [0.1, 0.15) is 24.8 Å². The molecule has 138 valence electrons. The number of methoxy groups -OCH3 is 1. The average Bonchev–Trinajstić information content (AvgIpc) is 2.67. The van der Waals surface area contributed by atoms with Crippen molar-refractivity contribution in [3.8, 4) is 11.9 Å². The fourth-order valence-electron chi connectivity index (χ4n) is 3.38. The third-order valence-electron chi connectivity index (χ3n) is 4.73. The Morgan fingerprint density at radius 3 is 2.85 bits per heavy atom. The molecule has 3 heterocycles. The summed E-state index contributed by atoms with van der Waals surface area (Å²) in [5, 5.41) is 10.3. The molecule has 0 spiro atoms. The maximum Gasteiger partial charge on any atom is 0.215 e. The molecule has 0 bridgehead atoms. The lowest BCUT2D eigenvalue weighted by atomic mass is 9.93. The van der Waals surface area contributed by atoms with Crippen molar-refractivity contribution in [3.05, 3.63) is 24.0 Å². The van der Waals surface area contributed by atoms with Crippen LogP contribution < -0.4 is 14.4 Å². The topological polar surface area (TPSA) is 114 Å². The Labute approximate surface area is 154 Å². The summed E-state index contributed by atoms with van der Waals surface area (Å²) in [6.45, 7) is 2.09. The molecule has 3 rings (SSSR count). The zero-order valence-electron chi connectivity index (χ0n) is 14.5. The summed E-state index contributed by atoms with van der Waals surface area (Å²) in [5.74, 6) is 0.960. The molecule has 2 aromatic heterocycles. The number of anilines is 1. The van der Waals surface area contributed by atoms with Crippen molar-refractivity contribution in [3.63, 3.8) is 0 Å². The summed E-state index contributed by atoms with van der Waals surface area (Å²) in [6, 6.07) is 4.00. The Kier molecular flexibility index (Phi) is 5.98. The fourth-order valence-corrected chi connectivity index (χ4v) is 3.67. The first-order valence-electron chi connectivity index (χ1n) is 8.43. The number of nitriles is 1. The molecule has 1 aliphatic heterocycles. The van der Waals surface area contributed by atoms with Crippen molar-refractivity contribution in [1.82, 2.24) is 14.7 Å². The molecule has 0 amide bonds. The highest BCUT2D eigenvalue weighted by atomic mass is 32.2. The summed E-state index contributed by atoms with van der Waals surface area (Å²) >= 11 is -2.20.